The van der Waals surface area contributed by atoms with Crippen molar-refractivity contribution in [1.82, 2.24) is 18.3 Å². The van der Waals surface area contributed by atoms with E-state index in [4.69, 9.17) is 8.83 Å². The standard InChI is InChI=1S/2C64H41N3O/c1-2-14-46(15-3-1)66-57-22-10-8-20-53(57)55-40-44(30-36-62(55)66)42-26-32-47(33-27-42)65(48-34-28-43(29-35-48)45-31-39-64-56(41-45)54-21-9-13-25-63(54)68-64)60-37-38-61(52-17-5-4-16-51(52)60)67-58-23-11-6-18-49(58)50-19-7-12-24-59(50)67;1-2-14-45(15-3-1)66-60-24-12-8-20-54(60)56-41-44(28-37-62(56)66)49-36-38-61(51-17-5-4-16-50(49)51)65(46-30-26-42(27-31-46)43-29-39-64-57(40-43)55-21-9-13-25-63(55)68-64)47-32-34-48(35-33-47)67-58-22-10-6-18-52(58)53-19-7-11-23-59(53)67/h2*1-41H. The maximum absolute atomic E-state index is 6.18. The van der Waals surface area contributed by atoms with Gasteiger partial charge in [-0.2, -0.15) is 0 Å². The van der Waals surface area contributed by atoms with Crippen molar-refractivity contribution in [3.63, 3.8) is 0 Å². The van der Waals surface area contributed by atoms with Gasteiger partial charge in [-0.1, -0.05) is 297 Å². The SMILES string of the molecule is c1ccc(-n2c3ccccc3c3cc(-c4ccc(N(c5ccc(-c6ccc7oc8ccccc8c7c6)cc5)c5ccc(-n6c7ccccc7c7ccccc76)c6ccccc56)cc4)ccc32)cc1.c1ccc(-n2c3ccccc3c3cc(-c4ccc(N(c5ccc(-c6ccc7oc8ccccc8c7c6)cc5)c5ccc(-n6c7ccccc7c7ccccc76)cc5)c5ccccc45)ccc32)cc1. The van der Waals surface area contributed by atoms with Gasteiger partial charge in [0.15, 0.2) is 0 Å². The molecule has 8 nitrogen and oxygen atoms in total. The molecule has 0 spiro atoms. The largest absolute Gasteiger partial charge is 0.456 e. The van der Waals surface area contributed by atoms with Crippen LogP contribution in [-0.4, -0.2) is 18.3 Å². The Balaban J connectivity index is 0.000000138. The van der Waals surface area contributed by atoms with E-state index in [1.165, 1.54) is 120 Å². The van der Waals surface area contributed by atoms with E-state index in [1.807, 2.05) is 24.3 Å². The number of furan rings is 2. The summed E-state index contributed by atoms with van der Waals surface area (Å²) >= 11 is 0. The lowest BCUT2D eigenvalue weighted by Gasteiger charge is -2.28. The van der Waals surface area contributed by atoms with Crippen molar-refractivity contribution in [1.29, 1.82) is 0 Å². The highest BCUT2D eigenvalue weighted by Gasteiger charge is 2.26. The zero-order chi connectivity index (χ0) is 89.4. The van der Waals surface area contributed by atoms with Gasteiger partial charge in [0.2, 0.25) is 0 Å². The minimum absolute atomic E-state index is 0.899. The maximum atomic E-state index is 6.18. The molecule has 0 bridgehead atoms. The van der Waals surface area contributed by atoms with E-state index in [1.54, 1.807) is 0 Å². The third-order valence-electron chi connectivity index (χ3n) is 27.8. The quantitative estimate of drug-likeness (QED) is 0.109. The van der Waals surface area contributed by atoms with Gasteiger partial charge >= 0.3 is 0 Å². The number of fused-ring (bicyclic) bond motifs is 20. The van der Waals surface area contributed by atoms with Crippen LogP contribution in [0.4, 0.5) is 34.1 Å². The molecule has 28 rings (SSSR count). The van der Waals surface area contributed by atoms with Crippen molar-refractivity contribution < 1.29 is 8.83 Å². The van der Waals surface area contributed by atoms with E-state index in [2.05, 4.69) is 501 Å². The summed E-state index contributed by atoms with van der Waals surface area (Å²) in [6, 6.07) is 180. The number of anilines is 6. The number of para-hydroxylation sites is 10. The molecule has 136 heavy (non-hydrogen) atoms. The molecule has 0 saturated carbocycles. The number of hydrogen-bond donors (Lipinski definition) is 0. The van der Waals surface area contributed by atoms with Crippen molar-refractivity contribution >= 4 is 187 Å². The average Bonchev–Trinajstić information content (AvgIpc) is 1.64. The molecule has 0 radical (unpaired) electrons. The predicted octanol–water partition coefficient (Wildman–Crippen LogP) is 35.5. The molecular weight excluding hydrogens is 1650 g/mol. The lowest BCUT2D eigenvalue weighted by molar-refractivity contribution is 0.668. The van der Waals surface area contributed by atoms with Crippen LogP contribution < -0.4 is 9.80 Å². The molecule has 0 aliphatic carbocycles. The van der Waals surface area contributed by atoms with Crippen molar-refractivity contribution in [2.24, 2.45) is 0 Å². The Morgan fingerprint density at radius 3 is 0.824 bits per heavy atom. The minimum Gasteiger partial charge on any atom is -0.456 e. The monoisotopic (exact) mass is 1730 g/mol. The minimum atomic E-state index is 0.899. The van der Waals surface area contributed by atoms with Gasteiger partial charge in [-0.3, -0.25) is 0 Å². The second-order valence-electron chi connectivity index (χ2n) is 35.4. The first-order valence-electron chi connectivity index (χ1n) is 46.5. The van der Waals surface area contributed by atoms with Gasteiger partial charge in [0.25, 0.3) is 0 Å². The summed E-state index contributed by atoms with van der Waals surface area (Å²) in [4.78, 5) is 4.82. The van der Waals surface area contributed by atoms with E-state index < -0.39 is 0 Å². The van der Waals surface area contributed by atoms with Gasteiger partial charge in [0.05, 0.1) is 61.2 Å². The third kappa shape index (κ3) is 12.8. The van der Waals surface area contributed by atoms with Crippen molar-refractivity contribution in [2.75, 3.05) is 9.80 Å². The summed E-state index contributed by atoms with van der Waals surface area (Å²) in [5.41, 5.74) is 33.6. The zero-order valence-electron chi connectivity index (χ0n) is 73.8. The molecule has 0 atom stereocenters. The highest BCUT2D eigenvalue weighted by molar-refractivity contribution is 6.17. The van der Waals surface area contributed by atoms with Crippen LogP contribution >= 0.6 is 0 Å². The number of aromatic nitrogens is 4. The molecule has 0 aliphatic rings. The summed E-state index contributed by atoms with van der Waals surface area (Å²) < 4.78 is 21.9. The second kappa shape index (κ2) is 31.8. The first-order chi connectivity index (χ1) is 67.5. The summed E-state index contributed by atoms with van der Waals surface area (Å²) in [5.74, 6) is 0. The van der Waals surface area contributed by atoms with E-state index in [9.17, 15) is 0 Å². The number of nitrogens with zero attached hydrogens (tertiary/aromatic N) is 6. The predicted molar refractivity (Wildman–Crippen MR) is 571 cm³/mol. The van der Waals surface area contributed by atoms with E-state index >= 15 is 0 Å². The summed E-state index contributed by atoms with van der Waals surface area (Å²) in [5, 5.41) is 19.2. The molecule has 0 saturated heterocycles. The van der Waals surface area contributed by atoms with Gasteiger partial charge in [-0.25, -0.2) is 0 Å². The first kappa shape index (κ1) is 77.7. The molecule has 28 aromatic rings. The van der Waals surface area contributed by atoms with Crippen LogP contribution in [0.2, 0.25) is 0 Å². The van der Waals surface area contributed by atoms with Gasteiger partial charge in [-0.15, -0.1) is 0 Å². The van der Waals surface area contributed by atoms with Crippen molar-refractivity contribution in [3.8, 4) is 67.3 Å². The fourth-order valence-corrected chi connectivity index (χ4v) is 21.6. The summed E-state index contributed by atoms with van der Waals surface area (Å²) in [7, 11) is 0. The van der Waals surface area contributed by atoms with Gasteiger partial charge < -0.3 is 36.9 Å². The van der Waals surface area contributed by atoms with Crippen molar-refractivity contribution in [3.05, 3.63) is 497 Å². The van der Waals surface area contributed by atoms with Crippen LogP contribution in [-0.2, 0) is 0 Å². The fraction of sp³-hybridized carbons (Fsp3) is 0. The lowest BCUT2D eigenvalue weighted by atomic mass is 9.95. The molecular formula is C128H82N6O2. The van der Waals surface area contributed by atoms with Gasteiger partial charge in [0, 0.05) is 121 Å². The second-order valence-corrected chi connectivity index (χ2v) is 35.4. The Bertz CT molecular complexity index is 9350. The van der Waals surface area contributed by atoms with Crippen LogP contribution in [0, 0.1) is 0 Å². The molecule has 6 aromatic heterocycles. The molecule has 0 unspecified atom stereocenters. The molecule has 0 fully saturated rings. The van der Waals surface area contributed by atoms with Crippen molar-refractivity contribution in [2.45, 2.75) is 0 Å². The molecule has 0 amide bonds. The van der Waals surface area contributed by atoms with Crippen LogP contribution in [0.1, 0.15) is 0 Å². The Hall–Kier alpha value is -18.2. The lowest BCUT2D eigenvalue weighted by Crippen LogP contribution is -2.11. The summed E-state index contributed by atoms with van der Waals surface area (Å²) in [6.45, 7) is 0. The molecule has 6 heterocycles. The average molecular weight is 1740 g/mol. The van der Waals surface area contributed by atoms with E-state index in [0.29, 0.717) is 0 Å². The van der Waals surface area contributed by atoms with Crippen LogP contribution in [0.3, 0.4) is 0 Å². The smallest absolute Gasteiger partial charge is 0.135 e. The highest BCUT2D eigenvalue weighted by atomic mass is 16.3. The number of rotatable bonds is 14. The van der Waals surface area contributed by atoms with Crippen LogP contribution in [0.15, 0.2) is 506 Å². The van der Waals surface area contributed by atoms with E-state index in [-0.39, 0.29) is 0 Å². The third-order valence-corrected chi connectivity index (χ3v) is 27.8. The fourth-order valence-electron chi connectivity index (χ4n) is 21.6. The maximum Gasteiger partial charge on any atom is 0.135 e. The molecule has 0 aliphatic heterocycles. The van der Waals surface area contributed by atoms with Gasteiger partial charge in [-0.05, 0) is 250 Å². The molecule has 22 aromatic carbocycles. The Morgan fingerprint density at radius 1 is 0.147 bits per heavy atom. The normalized spacial score (nSPS) is 11.8. The van der Waals surface area contributed by atoms with E-state index in [0.717, 1.165) is 134 Å². The van der Waals surface area contributed by atoms with Crippen LogP contribution in [0.5, 0.6) is 0 Å². The molecule has 8 heteroatoms. The highest BCUT2D eigenvalue weighted by Crippen LogP contribution is 2.49. The Morgan fingerprint density at radius 2 is 0.412 bits per heavy atom. The Labute approximate surface area is 783 Å². The first-order valence-corrected chi connectivity index (χ1v) is 46.5. The molecule has 636 valence electrons. The number of hydrogen-bond acceptors (Lipinski definition) is 4. The summed E-state index contributed by atoms with van der Waals surface area (Å²) in [6.07, 6.45) is 0. The Kier molecular flexibility index (Phi) is 18.2. The van der Waals surface area contributed by atoms with Gasteiger partial charge in [0.1, 0.15) is 22.3 Å². The topological polar surface area (TPSA) is 52.5 Å². The molecule has 0 N–H and O–H groups in total. The van der Waals surface area contributed by atoms with Crippen LogP contribution in [0.25, 0.3) is 220 Å². The zero-order valence-corrected chi connectivity index (χ0v) is 73.8. The number of benzene rings is 22.